The van der Waals surface area contributed by atoms with E-state index in [2.05, 4.69) is 0 Å². The van der Waals surface area contributed by atoms with Crippen LogP contribution in [0.3, 0.4) is 0 Å². The van der Waals surface area contributed by atoms with Gasteiger partial charge in [0.15, 0.2) is 0 Å². The van der Waals surface area contributed by atoms with Crippen molar-refractivity contribution in [2.75, 3.05) is 18.4 Å². The molecule has 9 heteroatoms. The van der Waals surface area contributed by atoms with E-state index in [4.69, 9.17) is 11.6 Å². The van der Waals surface area contributed by atoms with Crippen molar-refractivity contribution in [2.45, 2.75) is 38.0 Å². The van der Waals surface area contributed by atoms with Crippen LogP contribution in [-0.4, -0.2) is 46.7 Å². The Kier molecular flexibility index (Phi) is 5.63. The van der Waals surface area contributed by atoms with Gasteiger partial charge in [0.25, 0.3) is 11.8 Å². The number of amides is 2. The number of carbonyl (C=O) groups excluding carboxylic acids is 2. The molecular weight excluding hydrogens is 361 g/mol. The van der Waals surface area contributed by atoms with Gasteiger partial charge in [-0.3, -0.25) is 9.59 Å². The molecule has 0 aromatic heterocycles. The highest BCUT2D eigenvalue weighted by Gasteiger charge is 2.55. The summed E-state index contributed by atoms with van der Waals surface area (Å²) < 4.78 is 38.2. The van der Waals surface area contributed by atoms with Crippen LogP contribution in [0.1, 0.15) is 36.5 Å². The molecule has 1 fully saturated rings. The minimum atomic E-state index is -5.15. The molecule has 1 aliphatic heterocycles. The van der Waals surface area contributed by atoms with Gasteiger partial charge in [0, 0.05) is 18.7 Å². The summed E-state index contributed by atoms with van der Waals surface area (Å²) in [4.78, 5) is 25.9. The number of rotatable bonds is 3. The first-order valence-electron chi connectivity index (χ1n) is 7.73. The van der Waals surface area contributed by atoms with Gasteiger partial charge in [-0.15, -0.1) is 0 Å². The van der Waals surface area contributed by atoms with Gasteiger partial charge in [0.1, 0.15) is 0 Å². The third-order valence-electron chi connectivity index (χ3n) is 4.10. The summed E-state index contributed by atoms with van der Waals surface area (Å²) in [7, 11) is 0. The van der Waals surface area contributed by atoms with Crippen molar-refractivity contribution in [2.24, 2.45) is 0 Å². The van der Waals surface area contributed by atoms with Crippen LogP contribution in [0.15, 0.2) is 18.2 Å². The van der Waals surface area contributed by atoms with Crippen LogP contribution < -0.4 is 5.32 Å². The van der Waals surface area contributed by atoms with Crippen LogP contribution in [-0.2, 0) is 4.79 Å². The van der Waals surface area contributed by atoms with Crippen LogP contribution in [0.25, 0.3) is 0 Å². The number of anilines is 1. The van der Waals surface area contributed by atoms with Crippen molar-refractivity contribution in [3.63, 3.8) is 0 Å². The maximum atomic E-state index is 12.7. The van der Waals surface area contributed by atoms with Crippen LogP contribution in [0.4, 0.5) is 18.9 Å². The first-order chi connectivity index (χ1) is 11.5. The number of benzene rings is 1. The van der Waals surface area contributed by atoms with E-state index < -0.39 is 17.7 Å². The average Bonchev–Trinajstić information content (AvgIpc) is 2.55. The van der Waals surface area contributed by atoms with Crippen molar-refractivity contribution in [1.82, 2.24) is 4.90 Å². The molecule has 0 bridgehead atoms. The molecule has 5 nitrogen and oxygen atoms in total. The van der Waals surface area contributed by atoms with Crippen LogP contribution in [0.2, 0.25) is 5.02 Å². The largest absolute Gasteiger partial charge is 0.426 e. The zero-order valence-corrected chi connectivity index (χ0v) is 14.2. The quantitative estimate of drug-likeness (QED) is 0.848. The molecule has 2 N–H and O–H groups in total. The molecule has 1 aliphatic rings. The first kappa shape index (κ1) is 19.5. The Morgan fingerprint density at radius 2 is 1.80 bits per heavy atom. The Labute approximate surface area is 147 Å². The smallest absolute Gasteiger partial charge is 0.373 e. The predicted molar refractivity (Wildman–Crippen MR) is 86.5 cm³/mol. The number of alkyl halides is 3. The zero-order valence-electron chi connectivity index (χ0n) is 13.5. The molecule has 138 valence electrons. The fourth-order valence-corrected chi connectivity index (χ4v) is 2.57. The normalized spacial score (nSPS) is 17.8. The van der Waals surface area contributed by atoms with Crippen molar-refractivity contribution in [3.8, 4) is 0 Å². The van der Waals surface area contributed by atoms with Crippen molar-refractivity contribution >= 4 is 29.1 Å². The lowest BCUT2D eigenvalue weighted by molar-refractivity contribution is -0.242. The van der Waals surface area contributed by atoms with Crippen molar-refractivity contribution in [3.05, 3.63) is 28.8 Å². The van der Waals surface area contributed by atoms with Gasteiger partial charge in [0.05, 0.1) is 10.7 Å². The molecule has 0 saturated carbocycles. The summed E-state index contributed by atoms with van der Waals surface area (Å²) in [6.07, 6.45) is -2.34. The summed E-state index contributed by atoms with van der Waals surface area (Å²) in [5.41, 5.74) is -3.55. The minimum absolute atomic E-state index is 0.0403. The lowest BCUT2D eigenvalue weighted by atomic mass is 10.1. The summed E-state index contributed by atoms with van der Waals surface area (Å²) in [6.45, 7) is 1.55. The summed E-state index contributed by atoms with van der Waals surface area (Å²) in [5, 5.41) is 11.3. The Morgan fingerprint density at radius 1 is 1.20 bits per heavy atom. The fourth-order valence-electron chi connectivity index (χ4n) is 2.41. The van der Waals surface area contributed by atoms with E-state index in [1.54, 1.807) is 4.90 Å². The van der Waals surface area contributed by atoms with Crippen LogP contribution in [0.5, 0.6) is 0 Å². The SMILES string of the molecule is C[C@@](O)(C(=O)Nc1cc(C(=O)N2CCCCC2)ccc1Cl)C(F)(F)F. The third kappa shape index (κ3) is 4.24. The van der Waals surface area contributed by atoms with Gasteiger partial charge < -0.3 is 15.3 Å². The van der Waals surface area contributed by atoms with Crippen LogP contribution in [0, 0.1) is 0 Å². The monoisotopic (exact) mass is 378 g/mol. The Hall–Kier alpha value is -1.80. The van der Waals surface area contributed by atoms with Gasteiger partial charge in [-0.05, 0) is 44.4 Å². The molecular formula is C16H18ClF3N2O3. The lowest BCUT2D eigenvalue weighted by Gasteiger charge is -2.27. The molecule has 1 atom stereocenters. The highest BCUT2D eigenvalue weighted by molar-refractivity contribution is 6.34. The van der Waals surface area contributed by atoms with Gasteiger partial charge in [0.2, 0.25) is 5.60 Å². The van der Waals surface area contributed by atoms with E-state index in [1.165, 1.54) is 18.2 Å². The van der Waals surface area contributed by atoms with E-state index in [0.717, 1.165) is 19.3 Å². The van der Waals surface area contributed by atoms with E-state index >= 15 is 0 Å². The molecule has 25 heavy (non-hydrogen) atoms. The van der Waals surface area contributed by atoms with Crippen molar-refractivity contribution < 1.29 is 27.9 Å². The van der Waals surface area contributed by atoms with E-state index in [0.29, 0.717) is 20.0 Å². The number of carbonyl (C=O) groups is 2. The molecule has 2 amide bonds. The molecule has 0 spiro atoms. The molecule has 0 aliphatic carbocycles. The first-order valence-corrected chi connectivity index (χ1v) is 8.11. The maximum absolute atomic E-state index is 12.7. The van der Waals surface area contributed by atoms with Gasteiger partial charge in [-0.2, -0.15) is 13.2 Å². The number of likely N-dealkylation sites (tertiary alicyclic amines) is 1. The molecule has 1 saturated heterocycles. The standard InChI is InChI=1S/C16H18ClF3N2O3/c1-15(25,16(18,19)20)14(24)21-12-9-10(5-6-11(12)17)13(23)22-7-3-2-4-8-22/h5-6,9,25H,2-4,7-8H2,1H3,(H,21,24)/t15-/m1/s1. The number of hydrogen-bond acceptors (Lipinski definition) is 3. The fraction of sp³-hybridized carbons (Fsp3) is 0.500. The van der Waals surface area contributed by atoms with E-state index in [1.807, 2.05) is 5.32 Å². The lowest BCUT2D eigenvalue weighted by Crippen LogP contribution is -2.52. The molecule has 1 aromatic rings. The van der Waals surface area contributed by atoms with Crippen molar-refractivity contribution in [1.29, 1.82) is 0 Å². The number of nitrogens with zero attached hydrogens (tertiary/aromatic N) is 1. The highest BCUT2D eigenvalue weighted by Crippen LogP contribution is 2.32. The Morgan fingerprint density at radius 3 is 2.36 bits per heavy atom. The third-order valence-corrected chi connectivity index (χ3v) is 4.43. The predicted octanol–water partition coefficient (Wildman–Crippen LogP) is 3.22. The highest BCUT2D eigenvalue weighted by atomic mass is 35.5. The molecule has 1 heterocycles. The van der Waals surface area contributed by atoms with E-state index in [-0.39, 0.29) is 22.2 Å². The van der Waals surface area contributed by atoms with E-state index in [9.17, 15) is 27.9 Å². The summed E-state index contributed by atoms with van der Waals surface area (Å²) in [6, 6.07) is 3.97. The average molecular weight is 379 g/mol. The Bertz CT molecular complexity index is 671. The second-order valence-electron chi connectivity index (χ2n) is 6.07. The number of nitrogens with one attached hydrogen (secondary N) is 1. The van der Waals surface area contributed by atoms with Crippen LogP contribution >= 0.6 is 11.6 Å². The van der Waals surface area contributed by atoms with Gasteiger partial charge in [-0.25, -0.2) is 0 Å². The Balaban J connectivity index is 2.21. The molecule has 0 radical (unpaired) electrons. The van der Waals surface area contributed by atoms with Gasteiger partial charge in [-0.1, -0.05) is 11.6 Å². The molecule has 1 aromatic carbocycles. The minimum Gasteiger partial charge on any atom is -0.373 e. The number of piperidine rings is 1. The number of hydrogen-bond donors (Lipinski definition) is 2. The van der Waals surface area contributed by atoms with Gasteiger partial charge >= 0.3 is 6.18 Å². The molecule has 2 rings (SSSR count). The second kappa shape index (κ2) is 7.21. The molecule has 0 unspecified atom stereocenters. The number of halogens is 4. The maximum Gasteiger partial charge on any atom is 0.426 e. The summed E-state index contributed by atoms with van der Waals surface area (Å²) in [5.74, 6) is -1.96. The zero-order chi connectivity index (χ0) is 18.8. The summed E-state index contributed by atoms with van der Waals surface area (Å²) >= 11 is 5.89. The second-order valence-corrected chi connectivity index (χ2v) is 6.48. The number of aliphatic hydroxyl groups is 1. The topological polar surface area (TPSA) is 69.6 Å².